The van der Waals surface area contributed by atoms with Crippen LogP contribution in [0.4, 0.5) is 24.8 Å². The van der Waals surface area contributed by atoms with Crippen molar-refractivity contribution in [1.82, 2.24) is 15.0 Å². The molecular weight excluding hydrogens is 556 g/mol. The highest BCUT2D eigenvalue weighted by Gasteiger charge is 2.55. The van der Waals surface area contributed by atoms with Gasteiger partial charge in [0.1, 0.15) is 16.3 Å². The Balaban J connectivity index is 1.53. The lowest BCUT2D eigenvalue weighted by atomic mass is 9.83. The average molecular weight is 587 g/mol. The molecule has 1 fully saturated rings. The van der Waals surface area contributed by atoms with Crippen LogP contribution >= 0.6 is 18.9 Å². The van der Waals surface area contributed by atoms with Crippen molar-refractivity contribution in [1.29, 1.82) is 0 Å². The topological polar surface area (TPSA) is 127 Å². The van der Waals surface area contributed by atoms with Crippen molar-refractivity contribution < 1.29 is 37.0 Å². The van der Waals surface area contributed by atoms with E-state index in [1.807, 2.05) is 13.0 Å². The Morgan fingerprint density at radius 2 is 1.74 bits per heavy atom. The predicted molar refractivity (Wildman–Crippen MR) is 141 cm³/mol. The van der Waals surface area contributed by atoms with Crippen LogP contribution in [0.25, 0.3) is 10.4 Å². The maximum Gasteiger partial charge on any atom is 0.433 e. The van der Waals surface area contributed by atoms with Gasteiger partial charge in [-0.05, 0) is 75.8 Å². The zero-order valence-corrected chi connectivity index (χ0v) is 23.4. The molecule has 9 nitrogen and oxygen atoms in total. The number of aromatic nitrogens is 3. The second-order valence-electron chi connectivity index (χ2n) is 9.35. The van der Waals surface area contributed by atoms with Crippen LogP contribution in [0.15, 0.2) is 36.7 Å². The van der Waals surface area contributed by atoms with Gasteiger partial charge in [-0.15, -0.1) is 11.3 Å². The fourth-order valence-electron chi connectivity index (χ4n) is 4.50. The fourth-order valence-corrected chi connectivity index (χ4v) is 7.55. The number of thiazole rings is 1. The maximum atomic E-state index is 13.2. The highest BCUT2D eigenvalue weighted by Crippen LogP contribution is 2.65. The molecule has 212 valence electrons. The Bertz CT molecular complexity index is 1350. The Labute approximate surface area is 228 Å². The molecule has 1 aromatic carbocycles. The number of halogens is 3. The largest absolute Gasteiger partial charge is 0.433 e. The molecule has 2 heterocycles. The minimum Gasteiger partial charge on any atom is -0.383 e. The van der Waals surface area contributed by atoms with Crippen molar-refractivity contribution in [3.8, 4) is 10.4 Å². The molecule has 14 heteroatoms. The van der Waals surface area contributed by atoms with Gasteiger partial charge in [0, 0.05) is 18.1 Å². The quantitative estimate of drug-likeness (QED) is 0.245. The number of alkyl halides is 3. The van der Waals surface area contributed by atoms with Gasteiger partial charge >= 0.3 is 13.8 Å². The number of nitrogens with one attached hydrogen (secondary N) is 1. The lowest BCUT2D eigenvalue weighted by Gasteiger charge is -2.42. The van der Waals surface area contributed by atoms with E-state index >= 15 is 0 Å². The number of anilines is 2. The summed E-state index contributed by atoms with van der Waals surface area (Å²) < 4.78 is 63.0. The van der Waals surface area contributed by atoms with Gasteiger partial charge in [0.2, 0.25) is 5.95 Å². The van der Waals surface area contributed by atoms with Crippen LogP contribution in [0.1, 0.15) is 55.8 Å². The number of nitrogens with zero attached hydrogens (tertiary/aromatic N) is 3. The van der Waals surface area contributed by atoms with Crippen LogP contribution in [0.3, 0.4) is 0 Å². The zero-order chi connectivity index (χ0) is 28.5. The summed E-state index contributed by atoms with van der Waals surface area (Å²) in [6, 6.07) is 6.17. The standard InChI is InChI=1S/C25H30F3N4O5PS/c1-4-36-38(35,37-5-2)24(34)9-7-23(33,8-10-24)21-30-15-19(39-21)17-12-16(3)13-18(14-17)31-22-29-11-6-20(32-22)25(26,27)28/h6,11-15,33-34H,4-5,7-10H2,1-3H3,(H,29,31,32)/t23-,24-. The molecule has 0 atom stereocenters. The van der Waals surface area contributed by atoms with Crippen LogP contribution < -0.4 is 5.32 Å². The highest BCUT2D eigenvalue weighted by molar-refractivity contribution is 7.55. The van der Waals surface area contributed by atoms with E-state index in [0.717, 1.165) is 28.3 Å². The summed E-state index contributed by atoms with van der Waals surface area (Å²) in [5.74, 6) is -0.188. The lowest BCUT2D eigenvalue weighted by Crippen LogP contribution is -2.42. The summed E-state index contributed by atoms with van der Waals surface area (Å²) in [5.41, 5.74) is -0.327. The molecule has 1 saturated carbocycles. The van der Waals surface area contributed by atoms with Gasteiger partial charge in [-0.25, -0.2) is 15.0 Å². The van der Waals surface area contributed by atoms with Gasteiger partial charge in [0.15, 0.2) is 5.34 Å². The fraction of sp³-hybridized carbons (Fsp3) is 0.480. The minimum absolute atomic E-state index is 0.00515. The summed E-state index contributed by atoms with van der Waals surface area (Å²) in [6.45, 7) is 5.42. The van der Waals surface area contributed by atoms with Crippen LogP contribution in [0.5, 0.6) is 0 Å². The molecule has 0 unspecified atom stereocenters. The number of rotatable bonds is 9. The third-order valence-corrected chi connectivity index (χ3v) is 10.4. The van der Waals surface area contributed by atoms with E-state index in [1.54, 1.807) is 32.2 Å². The van der Waals surface area contributed by atoms with Gasteiger partial charge in [0.25, 0.3) is 0 Å². The van der Waals surface area contributed by atoms with Gasteiger partial charge in [0.05, 0.1) is 18.1 Å². The number of benzene rings is 1. The molecule has 39 heavy (non-hydrogen) atoms. The van der Waals surface area contributed by atoms with E-state index < -0.39 is 30.4 Å². The van der Waals surface area contributed by atoms with Crippen molar-refractivity contribution in [3.63, 3.8) is 0 Å². The van der Waals surface area contributed by atoms with E-state index in [4.69, 9.17) is 9.05 Å². The Morgan fingerprint density at radius 3 is 2.36 bits per heavy atom. The van der Waals surface area contributed by atoms with Crippen molar-refractivity contribution in [3.05, 3.63) is 52.9 Å². The first-order chi connectivity index (χ1) is 18.3. The lowest BCUT2D eigenvalue weighted by molar-refractivity contribution is -0.141. The first-order valence-corrected chi connectivity index (χ1v) is 14.8. The molecular formula is C25H30F3N4O5PS. The molecule has 2 aromatic heterocycles. The van der Waals surface area contributed by atoms with E-state index in [1.165, 1.54) is 11.3 Å². The zero-order valence-electron chi connectivity index (χ0n) is 21.7. The molecule has 1 aliphatic rings. The Hall–Kier alpha value is -2.41. The van der Waals surface area contributed by atoms with Crippen LogP contribution in [0, 0.1) is 6.92 Å². The van der Waals surface area contributed by atoms with Gasteiger partial charge in [-0.1, -0.05) is 6.07 Å². The molecule has 3 aromatic rings. The molecule has 1 aliphatic carbocycles. The van der Waals surface area contributed by atoms with Crippen molar-refractivity contribution in [2.24, 2.45) is 0 Å². The number of hydrogen-bond acceptors (Lipinski definition) is 10. The monoisotopic (exact) mass is 586 g/mol. The average Bonchev–Trinajstić information content (AvgIpc) is 3.37. The summed E-state index contributed by atoms with van der Waals surface area (Å²) in [7, 11) is -3.80. The molecule has 3 N–H and O–H groups in total. The smallest absolute Gasteiger partial charge is 0.383 e. The highest BCUT2D eigenvalue weighted by atomic mass is 32.1. The molecule has 0 saturated heterocycles. The normalized spacial score (nSPS) is 22.2. The third-order valence-electron chi connectivity index (χ3n) is 6.45. The molecule has 0 aliphatic heterocycles. The summed E-state index contributed by atoms with van der Waals surface area (Å²) in [4.78, 5) is 12.6. The molecule has 0 spiro atoms. The van der Waals surface area contributed by atoms with E-state index in [0.29, 0.717) is 10.7 Å². The summed E-state index contributed by atoms with van der Waals surface area (Å²) in [5, 5.41) is 24.1. The Morgan fingerprint density at radius 1 is 1.08 bits per heavy atom. The number of hydrogen-bond donors (Lipinski definition) is 3. The maximum absolute atomic E-state index is 13.2. The minimum atomic E-state index is -4.59. The van der Waals surface area contributed by atoms with Gasteiger partial charge < -0.3 is 24.6 Å². The van der Waals surface area contributed by atoms with E-state index in [9.17, 15) is 27.9 Å². The van der Waals surface area contributed by atoms with E-state index in [2.05, 4.69) is 20.3 Å². The number of aliphatic hydroxyl groups is 2. The van der Waals surface area contributed by atoms with Crippen LogP contribution in [0.2, 0.25) is 0 Å². The van der Waals surface area contributed by atoms with E-state index in [-0.39, 0.29) is 44.8 Å². The first-order valence-electron chi connectivity index (χ1n) is 12.4. The predicted octanol–water partition coefficient (Wildman–Crippen LogP) is 6.39. The second kappa shape index (κ2) is 11.2. The third kappa shape index (κ3) is 6.34. The first kappa shape index (κ1) is 29.6. The summed E-state index contributed by atoms with van der Waals surface area (Å²) in [6.07, 6.45) is -1.71. The van der Waals surface area contributed by atoms with Gasteiger partial charge in [-0.2, -0.15) is 13.2 Å². The molecule has 0 bridgehead atoms. The van der Waals surface area contributed by atoms with Crippen LogP contribution in [-0.2, 0) is 25.4 Å². The van der Waals surface area contributed by atoms with Crippen molar-refractivity contribution in [2.75, 3.05) is 18.5 Å². The van der Waals surface area contributed by atoms with Crippen LogP contribution in [-0.4, -0.2) is 43.7 Å². The molecule has 0 amide bonds. The number of aryl methyl sites for hydroxylation is 1. The summed E-state index contributed by atoms with van der Waals surface area (Å²) >= 11 is 1.27. The van der Waals surface area contributed by atoms with Crippen molar-refractivity contribution >= 4 is 30.6 Å². The van der Waals surface area contributed by atoms with Gasteiger partial charge in [-0.3, -0.25) is 4.57 Å². The molecule has 4 rings (SSSR count). The van der Waals surface area contributed by atoms with Crippen molar-refractivity contribution in [2.45, 2.75) is 63.6 Å². The Kier molecular flexibility index (Phi) is 8.51. The SMILES string of the molecule is CCOP(=O)(OCC)[C@]1(O)CC[C@](O)(c2ncc(-c3cc(C)cc(Nc4nccc(C(F)(F)F)n4)c3)s2)CC1. The molecule has 0 radical (unpaired) electrons. The second-order valence-corrected chi connectivity index (χ2v) is 12.7.